The predicted octanol–water partition coefficient (Wildman–Crippen LogP) is 3.63. The van der Waals surface area contributed by atoms with E-state index in [4.69, 9.17) is 17.3 Å². The van der Waals surface area contributed by atoms with E-state index in [0.717, 1.165) is 21.8 Å². The topological polar surface area (TPSA) is 41.8 Å². The van der Waals surface area contributed by atoms with Gasteiger partial charge < -0.3 is 10.7 Å². The van der Waals surface area contributed by atoms with E-state index in [2.05, 4.69) is 11.9 Å². The molecule has 0 aliphatic carbocycles. The average molecular weight is 237 g/mol. The van der Waals surface area contributed by atoms with E-state index in [9.17, 15) is 0 Å². The lowest BCUT2D eigenvalue weighted by Crippen LogP contribution is -2.29. The number of rotatable bonds is 1. The summed E-state index contributed by atoms with van der Waals surface area (Å²) >= 11 is 6.11. The van der Waals surface area contributed by atoms with Crippen molar-refractivity contribution in [3.63, 3.8) is 0 Å². The lowest BCUT2D eigenvalue weighted by molar-refractivity contribution is 0.555. The van der Waals surface area contributed by atoms with Crippen LogP contribution in [-0.2, 0) is 5.54 Å². The van der Waals surface area contributed by atoms with Crippen molar-refractivity contribution in [3.8, 4) is 0 Å². The minimum absolute atomic E-state index is 0.345. The van der Waals surface area contributed by atoms with E-state index in [0.29, 0.717) is 0 Å². The second-order valence-electron chi connectivity index (χ2n) is 4.94. The van der Waals surface area contributed by atoms with E-state index >= 15 is 0 Å². The Hall–Kier alpha value is -0.990. The summed E-state index contributed by atoms with van der Waals surface area (Å²) in [7, 11) is 0. The van der Waals surface area contributed by atoms with Gasteiger partial charge in [0.15, 0.2) is 0 Å². The molecule has 0 atom stereocenters. The van der Waals surface area contributed by atoms with Gasteiger partial charge in [0.05, 0.1) is 5.52 Å². The van der Waals surface area contributed by atoms with Crippen LogP contribution in [-0.4, -0.2) is 4.98 Å². The fourth-order valence-electron chi connectivity index (χ4n) is 2.34. The molecule has 0 aliphatic heterocycles. The number of hydrogen-bond acceptors (Lipinski definition) is 1. The number of halogens is 1. The minimum atomic E-state index is -0.345. The zero-order valence-corrected chi connectivity index (χ0v) is 10.9. The van der Waals surface area contributed by atoms with Gasteiger partial charge in [-0.1, -0.05) is 17.7 Å². The molecular formula is C13H17ClN2. The molecular weight excluding hydrogens is 220 g/mol. The fourth-order valence-corrected chi connectivity index (χ4v) is 2.50. The first-order valence-corrected chi connectivity index (χ1v) is 5.77. The first kappa shape index (κ1) is 11.5. The van der Waals surface area contributed by atoms with Crippen molar-refractivity contribution >= 4 is 22.5 Å². The number of aromatic amines is 1. The lowest BCUT2D eigenvalue weighted by Gasteiger charge is -2.19. The minimum Gasteiger partial charge on any atom is -0.358 e. The first-order valence-electron chi connectivity index (χ1n) is 5.39. The van der Waals surface area contributed by atoms with Gasteiger partial charge in [-0.3, -0.25) is 0 Å². The molecule has 0 saturated heterocycles. The maximum absolute atomic E-state index is 6.20. The summed E-state index contributed by atoms with van der Waals surface area (Å²) in [6, 6.07) is 3.97. The van der Waals surface area contributed by atoms with Crippen molar-refractivity contribution in [2.75, 3.05) is 0 Å². The second kappa shape index (κ2) is 3.51. The highest BCUT2D eigenvalue weighted by molar-refractivity contribution is 6.32. The highest BCUT2D eigenvalue weighted by Crippen LogP contribution is 2.33. The molecule has 0 unspecified atom stereocenters. The Morgan fingerprint density at radius 1 is 1.25 bits per heavy atom. The van der Waals surface area contributed by atoms with E-state index in [1.165, 1.54) is 10.9 Å². The van der Waals surface area contributed by atoms with Crippen LogP contribution in [0, 0.1) is 13.8 Å². The Kier molecular flexibility index (Phi) is 2.52. The molecule has 0 amide bonds. The molecule has 0 spiro atoms. The Morgan fingerprint density at radius 3 is 2.44 bits per heavy atom. The number of aromatic nitrogens is 1. The SMILES string of the molecule is Cc1[nH]c2c(C)c(Cl)ccc2c1C(C)(C)N. The molecule has 2 rings (SSSR count). The third kappa shape index (κ3) is 1.62. The van der Waals surface area contributed by atoms with Gasteiger partial charge in [-0.15, -0.1) is 0 Å². The number of benzene rings is 1. The molecule has 0 radical (unpaired) electrons. The lowest BCUT2D eigenvalue weighted by atomic mass is 9.92. The Bertz CT molecular complexity index is 547. The summed E-state index contributed by atoms with van der Waals surface area (Å²) < 4.78 is 0. The number of hydrogen-bond donors (Lipinski definition) is 2. The van der Waals surface area contributed by atoms with Crippen molar-refractivity contribution in [3.05, 3.63) is 34.0 Å². The Labute approximate surface area is 101 Å². The highest BCUT2D eigenvalue weighted by atomic mass is 35.5. The molecule has 0 fully saturated rings. The number of aryl methyl sites for hydroxylation is 2. The number of nitrogens with one attached hydrogen (secondary N) is 1. The van der Waals surface area contributed by atoms with Crippen LogP contribution >= 0.6 is 11.6 Å². The smallest absolute Gasteiger partial charge is 0.0504 e. The standard InChI is InChI=1S/C13H17ClN2/c1-7-10(14)6-5-9-11(13(3,4)15)8(2)16-12(7)9/h5-6,16H,15H2,1-4H3. The van der Waals surface area contributed by atoms with Gasteiger partial charge in [0, 0.05) is 21.6 Å². The zero-order chi connectivity index (χ0) is 12.1. The van der Waals surface area contributed by atoms with Crippen LogP contribution < -0.4 is 5.73 Å². The summed E-state index contributed by atoms with van der Waals surface area (Å²) in [5, 5.41) is 1.96. The predicted molar refractivity (Wildman–Crippen MR) is 70.0 cm³/mol. The fraction of sp³-hybridized carbons (Fsp3) is 0.385. The monoisotopic (exact) mass is 236 g/mol. The number of H-pyrrole nitrogens is 1. The highest BCUT2D eigenvalue weighted by Gasteiger charge is 2.22. The molecule has 1 aromatic heterocycles. The molecule has 86 valence electrons. The van der Waals surface area contributed by atoms with Crippen molar-refractivity contribution in [1.82, 2.24) is 4.98 Å². The van der Waals surface area contributed by atoms with Crippen LogP contribution in [0.3, 0.4) is 0 Å². The molecule has 0 saturated carbocycles. The molecule has 16 heavy (non-hydrogen) atoms. The van der Waals surface area contributed by atoms with Gasteiger partial charge in [0.1, 0.15) is 0 Å². The van der Waals surface area contributed by atoms with Crippen LogP contribution in [0.4, 0.5) is 0 Å². The van der Waals surface area contributed by atoms with Gasteiger partial charge in [-0.25, -0.2) is 0 Å². The van der Waals surface area contributed by atoms with Crippen molar-refractivity contribution in [2.24, 2.45) is 5.73 Å². The molecule has 1 aromatic carbocycles. The Morgan fingerprint density at radius 2 is 1.88 bits per heavy atom. The maximum atomic E-state index is 6.20. The van der Waals surface area contributed by atoms with Gasteiger partial charge >= 0.3 is 0 Å². The quantitative estimate of drug-likeness (QED) is 0.780. The number of fused-ring (bicyclic) bond motifs is 1. The third-order valence-corrected chi connectivity index (χ3v) is 3.41. The van der Waals surface area contributed by atoms with Crippen LogP contribution in [0.5, 0.6) is 0 Å². The van der Waals surface area contributed by atoms with Crippen LogP contribution in [0.25, 0.3) is 10.9 Å². The second-order valence-corrected chi connectivity index (χ2v) is 5.35. The largest absolute Gasteiger partial charge is 0.358 e. The van der Waals surface area contributed by atoms with Crippen LogP contribution in [0.1, 0.15) is 30.7 Å². The van der Waals surface area contributed by atoms with Gasteiger partial charge in [-0.2, -0.15) is 0 Å². The molecule has 0 aliphatic rings. The van der Waals surface area contributed by atoms with E-state index in [-0.39, 0.29) is 5.54 Å². The summed E-state index contributed by atoms with van der Waals surface area (Å²) in [5.74, 6) is 0. The van der Waals surface area contributed by atoms with Crippen molar-refractivity contribution in [1.29, 1.82) is 0 Å². The summed E-state index contributed by atoms with van der Waals surface area (Å²) in [6.07, 6.45) is 0. The van der Waals surface area contributed by atoms with E-state index < -0.39 is 0 Å². The normalized spacial score (nSPS) is 12.4. The van der Waals surface area contributed by atoms with Crippen LogP contribution in [0.15, 0.2) is 12.1 Å². The molecule has 2 nitrogen and oxygen atoms in total. The maximum Gasteiger partial charge on any atom is 0.0504 e. The van der Waals surface area contributed by atoms with Gasteiger partial charge in [0.2, 0.25) is 0 Å². The van der Waals surface area contributed by atoms with E-state index in [1.807, 2.05) is 32.9 Å². The third-order valence-electron chi connectivity index (χ3n) is 3.00. The number of nitrogens with two attached hydrogens (primary N) is 1. The van der Waals surface area contributed by atoms with Crippen molar-refractivity contribution in [2.45, 2.75) is 33.2 Å². The van der Waals surface area contributed by atoms with Crippen LogP contribution in [0.2, 0.25) is 5.02 Å². The molecule has 1 heterocycles. The average Bonchev–Trinajstić information content (AvgIpc) is 2.48. The van der Waals surface area contributed by atoms with Gasteiger partial charge in [-0.05, 0) is 44.9 Å². The molecule has 3 heteroatoms. The molecule has 3 N–H and O–H groups in total. The Balaban J connectivity index is 2.88. The molecule has 0 bridgehead atoms. The molecule has 2 aromatic rings. The first-order chi connectivity index (χ1) is 7.32. The van der Waals surface area contributed by atoms with E-state index in [1.54, 1.807) is 0 Å². The zero-order valence-electron chi connectivity index (χ0n) is 10.1. The van der Waals surface area contributed by atoms with Crippen molar-refractivity contribution < 1.29 is 0 Å². The summed E-state index contributed by atoms with van der Waals surface area (Å²) in [6.45, 7) is 8.12. The summed E-state index contributed by atoms with van der Waals surface area (Å²) in [5.41, 5.74) is 10.3. The summed E-state index contributed by atoms with van der Waals surface area (Å²) in [4.78, 5) is 3.38. The van der Waals surface area contributed by atoms with Gasteiger partial charge in [0.25, 0.3) is 0 Å².